The highest BCUT2D eigenvalue weighted by Gasteiger charge is 2.30. The van der Waals surface area contributed by atoms with Crippen molar-refractivity contribution in [3.05, 3.63) is 48.2 Å². The highest BCUT2D eigenvalue weighted by Crippen LogP contribution is 2.32. The average Bonchev–Trinajstić information content (AvgIpc) is 3.19. The molecule has 11 heteroatoms. The van der Waals surface area contributed by atoms with Crippen molar-refractivity contribution in [3.63, 3.8) is 0 Å². The number of methoxy groups -OCH3 is 1. The third-order valence-electron chi connectivity index (χ3n) is 6.92. The van der Waals surface area contributed by atoms with Crippen LogP contribution in [0.3, 0.4) is 0 Å². The van der Waals surface area contributed by atoms with Gasteiger partial charge in [0.25, 0.3) is 0 Å². The van der Waals surface area contributed by atoms with E-state index >= 15 is 0 Å². The minimum atomic E-state index is -4.42. The number of halogens is 3. The summed E-state index contributed by atoms with van der Waals surface area (Å²) in [6.45, 7) is 3.05. The Balaban J connectivity index is 1.61. The maximum atomic E-state index is 13.5. The van der Waals surface area contributed by atoms with E-state index in [2.05, 4.69) is 41.3 Å². The molecule has 0 radical (unpaired) electrons. The second-order valence-corrected chi connectivity index (χ2v) is 12.1. The number of likely N-dealkylation sites (tertiary alicyclic amines) is 1. The first kappa shape index (κ1) is 28.6. The van der Waals surface area contributed by atoms with E-state index in [-0.39, 0.29) is 23.2 Å². The third kappa shape index (κ3) is 6.99. The number of alkyl halides is 3. The molecule has 2 aromatic carbocycles. The van der Waals surface area contributed by atoms with Crippen LogP contribution in [0.1, 0.15) is 19.0 Å². The molecule has 2 N–H and O–H groups in total. The molecule has 0 unspecified atom stereocenters. The van der Waals surface area contributed by atoms with Gasteiger partial charge >= 0.3 is 6.18 Å². The molecule has 4 rings (SSSR count). The van der Waals surface area contributed by atoms with Gasteiger partial charge in [-0.2, -0.15) is 13.2 Å². The van der Waals surface area contributed by atoms with Gasteiger partial charge in [-0.15, -0.1) is 0 Å². The zero-order valence-electron chi connectivity index (χ0n) is 22.4. The first-order valence-corrected chi connectivity index (χ1v) is 14.5. The highest BCUT2D eigenvalue weighted by molar-refractivity contribution is 7.90. The molecule has 0 saturated carbocycles. The fourth-order valence-corrected chi connectivity index (χ4v) is 5.59. The monoisotopic (exact) mass is 562 g/mol. The van der Waals surface area contributed by atoms with Gasteiger partial charge in [-0.05, 0) is 62.2 Å². The molecule has 1 aromatic heterocycles. The number of fused-ring (bicyclic) bond motifs is 1. The number of nitrogens with one attached hydrogen (secondary N) is 2. The summed E-state index contributed by atoms with van der Waals surface area (Å²) < 4.78 is 70.7. The highest BCUT2D eigenvalue weighted by atomic mass is 32.2. The van der Waals surface area contributed by atoms with E-state index in [1.807, 2.05) is 6.07 Å². The number of aromatic nitrogens is 1. The number of ether oxygens (including phenoxy) is 1. The van der Waals surface area contributed by atoms with Crippen molar-refractivity contribution < 1.29 is 26.3 Å². The molecular formula is C28H33F3N4O3S. The first-order chi connectivity index (χ1) is 18.4. The summed E-state index contributed by atoms with van der Waals surface area (Å²) in [4.78, 5) is 2.40. The molecule has 0 aliphatic carbocycles. The van der Waals surface area contributed by atoms with Crippen LogP contribution in [0.25, 0.3) is 10.9 Å². The van der Waals surface area contributed by atoms with Gasteiger partial charge < -0.3 is 24.8 Å². The number of hydrogen-bond donors (Lipinski definition) is 2. The second kappa shape index (κ2) is 11.4. The standard InChI is InChI=1S/C28H33F3N4O3S/c1-19-17-34(2)14-12-23(19)33-24-8-5-9-26-22(24)15-20(35(26)18-28(29,30)31)7-6-13-32-25-11-10-21(39(4,36)37)16-27(25)38-3/h5,8-11,15-16,19,23,32-33H,12-14,17-18H2,1-4H3/t19-,23-/m1/s1. The zero-order chi connectivity index (χ0) is 28.4. The lowest BCUT2D eigenvalue weighted by Gasteiger charge is -2.36. The van der Waals surface area contributed by atoms with Gasteiger partial charge in [-0.3, -0.25) is 0 Å². The quantitative estimate of drug-likeness (QED) is 0.402. The van der Waals surface area contributed by atoms with Crippen LogP contribution < -0.4 is 15.4 Å². The Hall–Kier alpha value is -3.36. The molecule has 1 saturated heterocycles. The van der Waals surface area contributed by atoms with Crippen LogP contribution in [-0.4, -0.2) is 70.2 Å². The summed E-state index contributed by atoms with van der Waals surface area (Å²) in [5, 5.41) is 7.32. The van der Waals surface area contributed by atoms with Crippen LogP contribution in [0.4, 0.5) is 24.5 Å². The summed E-state index contributed by atoms with van der Waals surface area (Å²) in [6.07, 6.45) is -2.36. The van der Waals surface area contributed by atoms with Crippen molar-refractivity contribution in [1.29, 1.82) is 0 Å². The van der Waals surface area contributed by atoms with Gasteiger partial charge in [-0.1, -0.05) is 18.9 Å². The van der Waals surface area contributed by atoms with Crippen LogP contribution in [0.15, 0.2) is 47.4 Å². The molecule has 2 atom stereocenters. The molecule has 3 aromatic rings. The Morgan fingerprint density at radius 1 is 1.15 bits per heavy atom. The van der Waals surface area contributed by atoms with E-state index in [1.54, 1.807) is 24.3 Å². The molecule has 1 aliphatic rings. The van der Waals surface area contributed by atoms with Gasteiger partial charge in [0.05, 0.1) is 35.4 Å². The molecule has 210 valence electrons. The molecule has 1 aliphatic heterocycles. The van der Waals surface area contributed by atoms with E-state index in [4.69, 9.17) is 4.74 Å². The largest absolute Gasteiger partial charge is 0.495 e. The molecule has 2 heterocycles. The number of piperidine rings is 1. The van der Waals surface area contributed by atoms with Crippen molar-refractivity contribution in [1.82, 2.24) is 9.47 Å². The van der Waals surface area contributed by atoms with Crippen LogP contribution in [0.2, 0.25) is 0 Å². The fraction of sp³-hybridized carbons (Fsp3) is 0.429. The van der Waals surface area contributed by atoms with Crippen LogP contribution in [0.5, 0.6) is 5.75 Å². The van der Waals surface area contributed by atoms with Crippen molar-refractivity contribution in [2.75, 3.05) is 50.7 Å². The average molecular weight is 563 g/mol. The normalized spacial score (nSPS) is 18.4. The van der Waals surface area contributed by atoms with E-state index in [9.17, 15) is 21.6 Å². The molecule has 0 spiro atoms. The number of sulfone groups is 1. The molecule has 1 fully saturated rings. The van der Waals surface area contributed by atoms with Gasteiger partial charge in [0.15, 0.2) is 9.84 Å². The summed E-state index contributed by atoms with van der Waals surface area (Å²) in [5.41, 5.74) is 2.04. The molecule has 39 heavy (non-hydrogen) atoms. The van der Waals surface area contributed by atoms with E-state index < -0.39 is 22.6 Å². The number of hydrogen-bond acceptors (Lipinski definition) is 6. The Morgan fingerprint density at radius 3 is 2.59 bits per heavy atom. The maximum absolute atomic E-state index is 13.5. The van der Waals surface area contributed by atoms with Gasteiger partial charge in [0, 0.05) is 36.0 Å². The van der Waals surface area contributed by atoms with Gasteiger partial charge in [0.1, 0.15) is 12.3 Å². The predicted octanol–water partition coefficient (Wildman–Crippen LogP) is 4.83. The lowest BCUT2D eigenvalue weighted by molar-refractivity contribution is -0.140. The number of anilines is 2. The van der Waals surface area contributed by atoms with Crippen molar-refractivity contribution in [3.8, 4) is 17.6 Å². The molecular weight excluding hydrogens is 529 g/mol. The Kier molecular flexibility index (Phi) is 8.37. The SMILES string of the molecule is COc1cc(S(C)(=O)=O)ccc1NCC#Cc1cc2c(N[C@@H]3CCN(C)C[C@H]3C)cccc2n1CC(F)(F)F. The Labute approximate surface area is 227 Å². The second-order valence-electron chi connectivity index (χ2n) is 10.0. The smallest absolute Gasteiger partial charge is 0.406 e. The summed E-state index contributed by atoms with van der Waals surface area (Å²) in [7, 11) is 0.109. The Bertz CT molecular complexity index is 1510. The molecule has 0 amide bonds. The maximum Gasteiger partial charge on any atom is 0.406 e. The minimum Gasteiger partial charge on any atom is -0.495 e. The predicted molar refractivity (Wildman–Crippen MR) is 148 cm³/mol. The fourth-order valence-electron chi connectivity index (χ4n) is 4.95. The third-order valence-corrected chi connectivity index (χ3v) is 8.03. The first-order valence-electron chi connectivity index (χ1n) is 12.6. The topological polar surface area (TPSA) is 75.6 Å². The van der Waals surface area contributed by atoms with Gasteiger partial charge in [-0.25, -0.2) is 8.42 Å². The van der Waals surface area contributed by atoms with E-state index in [0.717, 1.165) is 31.5 Å². The number of benzene rings is 2. The minimum absolute atomic E-state index is 0.111. The number of rotatable bonds is 7. The summed E-state index contributed by atoms with van der Waals surface area (Å²) in [6, 6.07) is 11.7. The zero-order valence-corrected chi connectivity index (χ0v) is 23.2. The van der Waals surface area contributed by atoms with Crippen molar-refractivity contribution >= 4 is 32.1 Å². The van der Waals surface area contributed by atoms with Crippen molar-refractivity contribution in [2.45, 2.75) is 37.0 Å². The van der Waals surface area contributed by atoms with Crippen LogP contribution in [0, 0.1) is 17.8 Å². The summed E-state index contributed by atoms with van der Waals surface area (Å²) >= 11 is 0. The van der Waals surface area contributed by atoms with E-state index in [1.165, 1.54) is 23.8 Å². The van der Waals surface area contributed by atoms with Crippen LogP contribution in [-0.2, 0) is 16.4 Å². The van der Waals surface area contributed by atoms with E-state index in [0.29, 0.717) is 28.3 Å². The van der Waals surface area contributed by atoms with Crippen molar-refractivity contribution in [2.24, 2.45) is 5.92 Å². The molecule has 7 nitrogen and oxygen atoms in total. The summed E-state index contributed by atoms with van der Waals surface area (Å²) in [5.74, 6) is 6.51. The van der Waals surface area contributed by atoms with Crippen LogP contribution >= 0.6 is 0 Å². The lowest BCUT2D eigenvalue weighted by Crippen LogP contribution is -2.43. The molecule has 0 bridgehead atoms. The lowest BCUT2D eigenvalue weighted by atomic mass is 9.94. The number of nitrogens with zero attached hydrogens (tertiary/aromatic N) is 2. The Morgan fingerprint density at radius 2 is 1.92 bits per heavy atom. The van der Waals surface area contributed by atoms with Gasteiger partial charge in [0.2, 0.25) is 0 Å².